The minimum Gasteiger partial charge on any atom is -0.360 e. The summed E-state index contributed by atoms with van der Waals surface area (Å²) in [6, 6.07) is 8.04. The highest BCUT2D eigenvalue weighted by Gasteiger charge is 2.21. The quantitative estimate of drug-likeness (QED) is 0.944. The second-order valence-electron chi connectivity index (χ2n) is 5.64. The van der Waals surface area contributed by atoms with Crippen LogP contribution in [0.5, 0.6) is 0 Å². The maximum absolute atomic E-state index is 12.9. The zero-order chi connectivity index (χ0) is 16.2. The van der Waals surface area contributed by atoms with Crippen LogP contribution >= 0.6 is 0 Å². The summed E-state index contributed by atoms with van der Waals surface area (Å²) in [4.78, 5) is 16.2. The van der Waals surface area contributed by atoms with Crippen molar-refractivity contribution in [3.63, 3.8) is 0 Å². The first-order valence-electron chi connectivity index (χ1n) is 7.56. The zero-order valence-electron chi connectivity index (χ0n) is 13.0. The number of hydrogen-bond acceptors (Lipinski definition) is 4. The lowest BCUT2D eigenvalue weighted by Gasteiger charge is -2.34. The van der Waals surface area contributed by atoms with Gasteiger partial charge in [-0.25, -0.2) is 9.18 Å². The van der Waals surface area contributed by atoms with Gasteiger partial charge in [-0.05, 0) is 24.6 Å². The molecule has 0 unspecified atom stereocenters. The van der Waals surface area contributed by atoms with Crippen LogP contribution in [0.4, 0.5) is 15.0 Å². The van der Waals surface area contributed by atoms with Crippen LogP contribution < -0.4 is 5.32 Å². The molecule has 1 aliphatic rings. The van der Waals surface area contributed by atoms with E-state index in [0.717, 1.165) is 25.2 Å². The summed E-state index contributed by atoms with van der Waals surface area (Å²) in [5.41, 5.74) is 1.07. The third-order valence-corrected chi connectivity index (χ3v) is 3.84. The fourth-order valence-corrected chi connectivity index (χ4v) is 2.57. The highest BCUT2D eigenvalue weighted by Crippen LogP contribution is 2.12. The molecule has 0 saturated carbocycles. The molecule has 23 heavy (non-hydrogen) atoms. The van der Waals surface area contributed by atoms with Crippen molar-refractivity contribution in [1.82, 2.24) is 15.0 Å². The van der Waals surface area contributed by atoms with Crippen molar-refractivity contribution in [1.29, 1.82) is 0 Å². The number of nitrogens with one attached hydrogen (secondary N) is 1. The molecule has 1 fully saturated rings. The molecule has 2 heterocycles. The molecule has 6 nitrogen and oxygen atoms in total. The number of benzene rings is 1. The second kappa shape index (κ2) is 6.78. The van der Waals surface area contributed by atoms with Gasteiger partial charge in [0.05, 0.1) is 0 Å². The van der Waals surface area contributed by atoms with Crippen molar-refractivity contribution in [3.8, 4) is 0 Å². The average molecular weight is 318 g/mol. The molecule has 0 spiro atoms. The van der Waals surface area contributed by atoms with Crippen LogP contribution in [0.3, 0.4) is 0 Å². The SMILES string of the molecule is Cc1cc(NC(=O)N2CCN(Cc3ccc(F)cc3)CC2)no1. The molecule has 1 aromatic carbocycles. The Morgan fingerprint density at radius 2 is 1.96 bits per heavy atom. The minimum atomic E-state index is -0.224. The number of halogens is 1. The number of carbonyl (C=O) groups is 1. The normalized spacial score (nSPS) is 15.7. The van der Waals surface area contributed by atoms with E-state index in [-0.39, 0.29) is 11.8 Å². The molecular weight excluding hydrogens is 299 g/mol. The van der Waals surface area contributed by atoms with E-state index in [1.54, 1.807) is 30.0 Å². The molecule has 0 bridgehead atoms. The summed E-state index contributed by atoms with van der Waals surface area (Å²) >= 11 is 0. The van der Waals surface area contributed by atoms with Gasteiger partial charge in [-0.1, -0.05) is 17.3 Å². The predicted molar refractivity (Wildman–Crippen MR) is 83.5 cm³/mol. The van der Waals surface area contributed by atoms with Crippen LogP contribution in [0, 0.1) is 12.7 Å². The van der Waals surface area contributed by atoms with Crippen LogP contribution in [-0.4, -0.2) is 47.2 Å². The van der Waals surface area contributed by atoms with Crippen LogP contribution in [0.15, 0.2) is 34.9 Å². The van der Waals surface area contributed by atoms with E-state index < -0.39 is 0 Å². The largest absolute Gasteiger partial charge is 0.360 e. The topological polar surface area (TPSA) is 61.6 Å². The van der Waals surface area contributed by atoms with E-state index in [4.69, 9.17) is 4.52 Å². The Balaban J connectivity index is 1.48. The second-order valence-corrected chi connectivity index (χ2v) is 5.64. The lowest BCUT2D eigenvalue weighted by molar-refractivity contribution is 0.143. The van der Waals surface area contributed by atoms with Gasteiger partial charge in [-0.3, -0.25) is 10.2 Å². The highest BCUT2D eigenvalue weighted by molar-refractivity contribution is 5.88. The lowest BCUT2D eigenvalue weighted by Crippen LogP contribution is -2.49. The Labute approximate surface area is 133 Å². The highest BCUT2D eigenvalue weighted by atomic mass is 19.1. The molecule has 0 atom stereocenters. The molecular formula is C16H19FN4O2. The number of piperazine rings is 1. The molecule has 3 rings (SSSR count). The van der Waals surface area contributed by atoms with Gasteiger partial charge < -0.3 is 9.42 Å². The molecule has 1 aromatic heterocycles. The van der Waals surface area contributed by atoms with Crippen LogP contribution in [0.25, 0.3) is 0 Å². The number of anilines is 1. The predicted octanol–water partition coefficient (Wildman–Crippen LogP) is 2.47. The van der Waals surface area contributed by atoms with Gasteiger partial charge >= 0.3 is 6.03 Å². The molecule has 1 aliphatic heterocycles. The summed E-state index contributed by atoms with van der Waals surface area (Å²) in [6.45, 7) is 5.38. The van der Waals surface area contributed by atoms with E-state index in [2.05, 4.69) is 15.4 Å². The number of rotatable bonds is 3. The van der Waals surface area contributed by atoms with Crippen molar-refractivity contribution < 1.29 is 13.7 Å². The van der Waals surface area contributed by atoms with E-state index in [0.29, 0.717) is 24.7 Å². The van der Waals surface area contributed by atoms with E-state index in [1.165, 1.54) is 12.1 Å². The Bertz CT molecular complexity index is 663. The van der Waals surface area contributed by atoms with Crippen LogP contribution in [-0.2, 0) is 6.54 Å². The van der Waals surface area contributed by atoms with Gasteiger partial charge in [0, 0.05) is 38.8 Å². The number of amides is 2. The smallest absolute Gasteiger partial charge is 0.323 e. The first-order valence-corrected chi connectivity index (χ1v) is 7.56. The number of aryl methyl sites for hydroxylation is 1. The Morgan fingerprint density at radius 3 is 2.57 bits per heavy atom. The summed E-state index contributed by atoms with van der Waals surface area (Å²) in [6.07, 6.45) is 0. The first kappa shape index (κ1) is 15.5. The van der Waals surface area contributed by atoms with Gasteiger partial charge in [0.1, 0.15) is 11.6 Å². The summed E-state index contributed by atoms with van der Waals surface area (Å²) in [5.74, 6) is 0.865. The number of urea groups is 1. The summed E-state index contributed by atoms with van der Waals surface area (Å²) in [5, 5.41) is 6.48. The van der Waals surface area contributed by atoms with Crippen molar-refractivity contribution in [2.45, 2.75) is 13.5 Å². The van der Waals surface area contributed by atoms with Crippen molar-refractivity contribution >= 4 is 11.8 Å². The van der Waals surface area contributed by atoms with Gasteiger partial charge in [0.2, 0.25) is 0 Å². The van der Waals surface area contributed by atoms with Crippen LogP contribution in [0.1, 0.15) is 11.3 Å². The molecule has 7 heteroatoms. The van der Waals surface area contributed by atoms with E-state index in [1.807, 2.05) is 0 Å². The maximum atomic E-state index is 12.9. The van der Waals surface area contributed by atoms with Gasteiger partial charge in [0.25, 0.3) is 0 Å². The van der Waals surface area contributed by atoms with Gasteiger partial charge in [-0.15, -0.1) is 0 Å². The van der Waals surface area contributed by atoms with Gasteiger partial charge in [0.15, 0.2) is 5.82 Å². The molecule has 0 radical (unpaired) electrons. The van der Waals surface area contributed by atoms with Crippen molar-refractivity contribution in [2.75, 3.05) is 31.5 Å². The molecule has 1 saturated heterocycles. The summed E-state index contributed by atoms with van der Waals surface area (Å²) in [7, 11) is 0. The fraction of sp³-hybridized carbons (Fsp3) is 0.375. The van der Waals surface area contributed by atoms with Gasteiger partial charge in [-0.2, -0.15) is 0 Å². The minimum absolute atomic E-state index is 0.167. The molecule has 2 amide bonds. The van der Waals surface area contributed by atoms with Crippen molar-refractivity contribution in [2.24, 2.45) is 0 Å². The molecule has 2 aromatic rings. The monoisotopic (exact) mass is 318 g/mol. The van der Waals surface area contributed by atoms with Crippen LogP contribution in [0.2, 0.25) is 0 Å². The standard InChI is InChI=1S/C16H19FN4O2/c1-12-10-15(19-23-12)18-16(22)21-8-6-20(7-9-21)11-13-2-4-14(17)5-3-13/h2-5,10H,6-9,11H2,1H3,(H,18,19,22). The van der Waals surface area contributed by atoms with E-state index >= 15 is 0 Å². The third kappa shape index (κ3) is 4.07. The Kier molecular flexibility index (Phi) is 4.57. The molecule has 0 aliphatic carbocycles. The number of nitrogens with zero attached hydrogens (tertiary/aromatic N) is 3. The number of carbonyl (C=O) groups excluding carboxylic acids is 1. The number of hydrogen-bond donors (Lipinski definition) is 1. The fourth-order valence-electron chi connectivity index (χ4n) is 2.57. The Morgan fingerprint density at radius 1 is 1.26 bits per heavy atom. The third-order valence-electron chi connectivity index (χ3n) is 3.84. The van der Waals surface area contributed by atoms with E-state index in [9.17, 15) is 9.18 Å². The number of aromatic nitrogens is 1. The maximum Gasteiger partial charge on any atom is 0.323 e. The molecule has 122 valence electrons. The van der Waals surface area contributed by atoms with Crippen molar-refractivity contribution in [3.05, 3.63) is 47.5 Å². The molecule has 1 N–H and O–H groups in total. The average Bonchev–Trinajstić information content (AvgIpc) is 2.95. The summed E-state index contributed by atoms with van der Waals surface area (Å²) < 4.78 is 17.8. The lowest BCUT2D eigenvalue weighted by atomic mass is 10.2. The first-order chi connectivity index (χ1) is 11.1. The Hall–Kier alpha value is -2.41. The zero-order valence-corrected chi connectivity index (χ0v) is 13.0.